The molecule has 82 valence electrons. The van der Waals surface area contributed by atoms with Gasteiger partial charge in [0.05, 0.1) is 24.1 Å². The second kappa shape index (κ2) is 5.23. The molecule has 0 unspecified atom stereocenters. The lowest BCUT2D eigenvalue weighted by Crippen LogP contribution is -2.08. The molecule has 1 aromatic carbocycles. The van der Waals surface area contributed by atoms with Gasteiger partial charge in [-0.2, -0.15) is 0 Å². The average molecular weight is 277 g/mol. The smallest absolute Gasteiger partial charge is 0.308 e. The molecule has 0 aromatic heterocycles. The average Bonchev–Trinajstić information content (AvgIpc) is 2.21. The summed E-state index contributed by atoms with van der Waals surface area (Å²) in [4.78, 5) is 10.9. The van der Waals surface area contributed by atoms with Crippen molar-refractivity contribution in [3.63, 3.8) is 0 Å². The van der Waals surface area contributed by atoms with Gasteiger partial charge in [-0.3, -0.25) is 4.79 Å². The Bertz CT molecular complexity index is 368. The Labute approximate surface area is 95.0 Å². The molecular weight excluding hydrogens is 267 g/mol. The van der Waals surface area contributed by atoms with E-state index in [-0.39, 0.29) is 6.42 Å². The lowest BCUT2D eigenvalue weighted by atomic mass is 10.1. The minimum atomic E-state index is -1.04. The second-order valence-electron chi connectivity index (χ2n) is 2.97. The van der Waals surface area contributed by atoms with Gasteiger partial charge in [0.15, 0.2) is 0 Å². The number of hydrogen-bond donors (Lipinski definition) is 1. The van der Waals surface area contributed by atoms with Crippen molar-refractivity contribution in [3.8, 4) is 0 Å². The Kier molecular flexibility index (Phi) is 4.23. The largest absolute Gasteiger partial charge is 0.469 e. The van der Waals surface area contributed by atoms with Crippen LogP contribution in [0.4, 0.5) is 4.39 Å². The molecule has 0 bridgehead atoms. The maximum absolute atomic E-state index is 13.1. The number of ether oxygens (including phenoxy) is 1. The van der Waals surface area contributed by atoms with Gasteiger partial charge in [0.1, 0.15) is 5.82 Å². The van der Waals surface area contributed by atoms with Gasteiger partial charge in [-0.1, -0.05) is 6.07 Å². The van der Waals surface area contributed by atoms with Crippen molar-refractivity contribution in [2.24, 2.45) is 0 Å². The molecule has 5 heteroatoms. The van der Waals surface area contributed by atoms with Crippen LogP contribution < -0.4 is 0 Å². The quantitative estimate of drug-likeness (QED) is 0.861. The van der Waals surface area contributed by atoms with E-state index < -0.39 is 17.9 Å². The third kappa shape index (κ3) is 3.28. The maximum Gasteiger partial charge on any atom is 0.308 e. The van der Waals surface area contributed by atoms with Gasteiger partial charge in [-0.25, -0.2) is 4.39 Å². The van der Waals surface area contributed by atoms with Crippen LogP contribution in [0.25, 0.3) is 0 Å². The number of carbonyl (C=O) groups is 1. The normalized spacial score (nSPS) is 12.3. The molecule has 0 aliphatic carbocycles. The molecule has 0 aliphatic heterocycles. The minimum absolute atomic E-state index is 0.183. The fourth-order valence-corrected chi connectivity index (χ4v) is 1.33. The van der Waals surface area contributed by atoms with Crippen LogP contribution in [-0.2, 0) is 9.53 Å². The summed E-state index contributed by atoms with van der Waals surface area (Å²) in [6.45, 7) is 0. The zero-order valence-corrected chi connectivity index (χ0v) is 9.62. The van der Waals surface area contributed by atoms with Gasteiger partial charge in [0, 0.05) is 0 Å². The molecule has 1 atom stereocenters. The van der Waals surface area contributed by atoms with Crippen LogP contribution in [0.3, 0.4) is 0 Å². The Hall–Kier alpha value is -0.940. The number of hydrogen-bond acceptors (Lipinski definition) is 3. The molecule has 15 heavy (non-hydrogen) atoms. The molecule has 0 spiro atoms. The standard InChI is InChI=1S/C10H10BrFO3/c1-15-10(14)5-9(13)6-2-3-7(11)8(12)4-6/h2-4,9,13H,5H2,1H3/t9-/m1/s1. The highest BCUT2D eigenvalue weighted by atomic mass is 79.9. The Morgan fingerprint density at radius 1 is 1.67 bits per heavy atom. The molecule has 0 aliphatic rings. The first-order valence-electron chi connectivity index (χ1n) is 4.24. The first-order valence-corrected chi connectivity index (χ1v) is 5.03. The molecule has 0 radical (unpaired) electrons. The van der Waals surface area contributed by atoms with E-state index in [0.29, 0.717) is 10.0 Å². The fraction of sp³-hybridized carbons (Fsp3) is 0.300. The number of esters is 1. The van der Waals surface area contributed by atoms with E-state index in [9.17, 15) is 14.3 Å². The van der Waals surface area contributed by atoms with Crippen molar-refractivity contribution in [3.05, 3.63) is 34.1 Å². The number of carbonyl (C=O) groups excluding carboxylic acids is 1. The monoisotopic (exact) mass is 276 g/mol. The van der Waals surface area contributed by atoms with Gasteiger partial charge < -0.3 is 9.84 Å². The van der Waals surface area contributed by atoms with Crippen LogP contribution in [0.15, 0.2) is 22.7 Å². The predicted molar refractivity (Wildman–Crippen MR) is 55.7 cm³/mol. The Morgan fingerprint density at radius 2 is 2.33 bits per heavy atom. The van der Waals surface area contributed by atoms with Gasteiger partial charge in [-0.15, -0.1) is 0 Å². The van der Waals surface area contributed by atoms with E-state index in [2.05, 4.69) is 20.7 Å². The van der Waals surface area contributed by atoms with Gasteiger partial charge in [0.25, 0.3) is 0 Å². The molecule has 0 amide bonds. The van der Waals surface area contributed by atoms with Crippen molar-refractivity contribution in [2.45, 2.75) is 12.5 Å². The summed E-state index contributed by atoms with van der Waals surface area (Å²) in [5, 5.41) is 9.55. The van der Waals surface area contributed by atoms with Crippen LogP contribution in [0.5, 0.6) is 0 Å². The lowest BCUT2D eigenvalue weighted by molar-refractivity contribution is -0.142. The first-order chi connectivity index (χ1) is 7.04. The lowest BCUT2D eigenvalue weighted by Gasteiger charge is -2.09. The molecule has 3 nitrogen and oxygen atoms in total. The highest BCUT2D eigenvalue weighted by Gasteiger charge is 2.14. The van der Waals surface area contributed by atoms with Crippen molar-refractivity contribution < 1.29 is 19.0 Å². The highest BCUT2D eigenvalue weighted by Crippen LogP contribution is 2.22. The predicted octanol–water partition coefficient (Wildman–Crippen LogP) is 2.18. The van der Waals surface area contributed by atoms with E-state index >= 15 is 0 Å². The van der Waals surface area contributed by atoms with E-state index in [1.807, 2.05) is 0 Å². The molecule has 0 heterocycles. The summed E-state index contributed by atoms with van der Waals surface area (Å²) in [6, 6.07) is 4.20. The molecule has 0 saturated heterocycles. The summed E-state index contributed by atoms with van der Waals surface area (Å²) >= 11 is 2.99. The van der Waals surface area contributed by atoms with Gasteiger partial charge in [0.2, 0.25) is 0 Å². The zero-order valence-electron chi connectivity index (χ0n) is 8.04. The van der Waals surface area contributed by atoms with Crippen molar-refractivity contribution in [2.75, 3.05) is 7.11 Å². The zero-order chi connectivity index (χ0) is 11.4. The number of benzene rings is 1. The minimum Gasteiger partial charge on any atom is -0.469 e. The fourth-order valence-electron chi connectivity index (χ4n) is 1.08. The van der Waals surface area contributed by atoms with E-state index in [1.54, 1.807) is 6.07 Å². The first kappa shape index (κ1) is 12.1. The summed E-state index contributed by atoms with van der Waals surface area (Å²) in [6.07, 6.45) is -1.22. The molecular formula is C10H10BrFO3. The molecule has 0 saturated carbocycles. The number of methoxy groups -OCH3 is 1. The van der Waals surface area contributed by atoms with E-state index in [4.69, 9.17) is 0 Å². The number of aliphatic hydroxyl groups is 1. The summed E-state index contributed by atoms with van der Waals surface area (Å²) in [5.74, 6) is -1.01. The summed E-state index contributed by atoms with van der Waals surface area (Å²) in [5.41, 5.74) is 0.348. The van der Waals surface area contributed by atoms with E-state index in [1.165, 1.54) is 19.2 Å². The third-order valence-electron chi connectivity index (χ3n) is 1.92. The summed E-state index contributed by atoms with van der Waals surface area (Å²) < 4.78 is 17.8. The van der Waals surface area contributed by atoms with Crippen LogP contribution in [0.2, 0.25) is 0 Å². The molecule has 1 N–H and O–H groups in total. The number of rotatable bonds is 3. The van der Waals surface area contributed by atoms with Crippen LogP contribution >= 0.6 is 15.9 Å². The molecule has 1 rings (SSSR count). The topological polar surface area (TPSA) is 46.5 Å². The van der Waals surface area contributed by atoms with Crippen LogP contribution in [0.1, 0.15) is 18.1 Å². The highest BCUT2D eigenvalue weighted by molar-refractivity contribution is 9.10. The van der Waals surface area contributed by atoms with E-state index in [0.717, 1.165) is 0 Å². The third-order valence-corrected chi connectivity index (χ3v) is 2.56. The van der Waals surface area contributed by atoms with Crippen molar-refractivity contribution >= 4 is 21.9 Å². The SMILES string of the molecule is COC(=O)C[C@@H](O)c1ccc(Br)c(F)c1. The van der Waals surface area contributed by atoms with Gasteiger partial charge in [-0.05, 0) is 33.6 Å². The number of aliphatic hydroxyl groups excluding tert-OH is 1. The van der Waals surface area contributed by atoms with Crippen molar-refractivity contribution in [1.29, 1.82) is 0 Å². The van der Waals surface area contributed by atoms with Crippen LogP contribution in [0, 0.1) is 5.82 Å². The maximum atomic E-state index is 13.1. The summed E-state index contributed by atoms with van der Waals surface area (Å²) in [7, 11) is 1.23. The number of halogens is 2. The van der Waals surface area contributed by atoms with Crippen molar-refractivity contribution in [1.82, 2.24) is 0 Å². The van der Waals surface area contributed by atoms with Gasteiger partial charge >= 0.3 is 5.97 Å². The molecule has 0 fully saturated rings. The molecule has 1 aromatic rings. The Balaban J connectivity index is 2.78. The second-order valence-corrected chi connectivity index (χ2v) is 3.82. The Morgan fingerprint density at radius 3 is 2.87 bits per heavy atom. The van der Waals surface area contributed by atoms with Crippen LogP contribution in [-0.4, -0.2) is 18.2 Å².